The van der Waals surface area contributed by atoms with Gasteiger partial charge < -0.3 is 15.4 Å². The predicted molar refractivity (Wildman–Crippen MR) is 62.7 cm³/mol. The molecular formula is C11H15N3O3. The molecule has 0 aliphatic heterocycles. The van der Waals surface area contributed by atoms with Gasteiger partial charge in [0.25, 0.3) is 0 Å². The lowest BCUT2D eigenvalue weighted by Gasteiger charge is -2.05. The zero-order chi connectivity index (χ0) is 12.7. The second-order valence-electron chi connectivity index (χ2n) is 3.37. The van der Waals surface area contributed by atoms with Crippen LogP contribution >= 0.6 is 0 Å². The van der Waals surface area contributed by atoms with Crippen molar-refractivity contribution >= 4 is 17.5 Å². The number of hydrogen-bond acceptors (Lipinski definition) is 4. The third-order valence-electron chi connectivity index (χ3n) is 1.96. The van der Waals surface area contributed by atoms with Crippen LogP contribution in [0.3, 0.4) is 0 Å². The maximum atomic E-state index is 11.4. The first kappa shape index (κ1) is 13.0. The Balaban J connectivity index is 2.37. The molecule has 0 aliphatic carbocycles. The van der Waals surface area contributed by atoms with Crippen molar-refractivity contribution in [3.8, 4) is 5.88 Å². The van der Waals surface area contributed by atoms with Crippen LogP contribution in [-0.4, -0.2) is 30.5 Å². The van der Waals surface area contributed by atoms with Crippen LogP contribution in [-0.2, 0) is 9.59 Å². The topological polar surface area (TPSA) is 80.3 Å². The summed E-state index contributed by atoms with van der Waals surface area (Å²) >= 11 is 0. The second-order valence-corrected chi connectivity index (χ2v) is 3.37. The molecule has 1 heterocycles. The van der Waals surface area contributed by atoms with Crippen LogP contribution in [0.4, 0.5) is 5.69 Å². The summed E-state index contributed by atoms with van der Waals surface area (Å²) in [5.41, 5.74) is 0.596. The Kier molecular flexibility index (Phi) is 4.93. The van der Waals surface area contributed by atoms with Crippen LogP contribution in [0.15, 0.2) is 18.3 Å². The molecule has 17 heavy (non-hydrogen) atoms. The van der Waals surface area contributed by atoms with Gasteiger partial charge in [-0.3, -0.25) is 9.59 Å². The van der Waals surface area contributed by atoms with E-state index in [1.165, 1.54) is 20.2 Å². The molecule has 1 aromatic heterocycles. The first-order valence-corrected chi connectivity index (χ1v) is 5.16. The van der Waals surface area contributed by atoms with Crippen molar-refractivity contribution in [3.05, 3.63) is 18.3 Å². The molecule has 2 amide bonds. The molecule has 0 fully saturated rings. The number of pyridine rings is 1. The van der Waals surface area contributed by atoms with Crippen LogP contribution in [0.25, 0.3) is 0 Å². The number of anilines is 1. The minimum atomic E-state index is -0.175. The third-order valence-corrected chi connectivity index (χ3v) is 1.96. The van der Waals surface area contributed by atoms with Crippen molar-refractivity contribution in [1.29, 1.82) is 0 Å². The fourth-order valence-corrected chi connectivity index (χ4v) is 1.15. The number of aromatic nitrogens is 1. The molecule has 0 aromatic carbocycles. The molecule has 0 unspecified atom stereocenters. The fraction of sp³-hybridized carbons (Fsp3) is 0.364. The van der Waals surface area contributed by atoms with Crippen molar-refractivity contribution in [2.75, 3.05) is 19.0 Å². The van der Waals surface area contributed by atoms with Crippen LogP contribution < -0.4 is 15.4 Å². The molecule has 0 aliphatic rings. The summed E-state index contributed by atoms with van der Waals surface area (Å²) in [5, 5.41) is 5.20. The Hall–Kier alpha value is -2.11. The number of amides is 2. The van der Waals surface area contributed by atoms with Gasteiger partial charge in [-0.2, -0.15) is 0 Å². The molecule has 0 atom stereocenters. The zero-order valence-corrected chi connectivity index (χ0v) is 9.82. The van der Waals surface area contributed by atoms with Crippen molar-refractivity contribution in [1.82, 2.24) is 10.3 Å². The van der Waals surface area contributed by atoms with Gasteiger partial charge in [0.1, 0.15) is 0 Å². The highest BCUT2D eigenvalue weighted by Gasteiger charge is 2.03. The van der Waals surface area contributed by atoms with E-state index in [2.05, 4.69) is 15.6 Å². The van der Waals surface area contributed by atoms with Gasteiger partial charge >= 0.3 is 0 Å². The molecule has 6 heteroatoms. The van der Waals surface area contributed by atoms with Crippen LogP contribution in [0.5, 0.6) is 5.88 Å². The molecule has 92 valence electrons. The van der Waals surface area contributed by atoms with E-state index < -0.39 is 0 Å². The highest BCUT2D eigenvalue weighted by Crippen LogP contribution is 2.10. The lowest BCUT2D eigenvalue weighted by atomic mass is 10.3. The summed E-state index contributed by atoms with van der Waals surface area (Å²) in [4.78, 5) is 26.0. The number of carbonyl (C=O) groups is 2. The van der Waals surface area contributed by atoms with E-state index in [-0.39, 0.29) is 18.2 Å². The summed E-state index contributed by atoms with van der Waals surface area (Å²) < 4.78 is 4.89. The first-order chi connectivity index (χ1) is 8.11. The molecule has 0 spiro atoms. The monoisotopic (exact) mass is 237 g/mol. The van der Waals surface area contributed by atoms with Gasteiger partial charge in [0.15, 0.2) is 0 Å². The van der Waals surface area contributed by atoms with Crippen LogP contribution in [0.2, 0.25) is 0 Å². The normalized spacial score (nSPS) is 9.53. The number of carbonyl (C=O) groups excluding carboxylic acids is 2. The van der Waals surface area contributed by atoms with E-state index in [0.29, 0.717) is 18.1 Å². The van der Waals surface area contributed by atoms with Crippen molar-refractivity contribution in [2.24, 2.45) is 0 Å². The zero-order valence-electron chi connectivity index (χ0n) is 9.82. The Morgan fingerprint density at radius 1 is 1.41 bits per heavy atom. The van der Waals surface area contributed by atoms with Gasteiger partial charge in [0, 0.05) is 26.0 Å². The highest BCUT2D eigenvalue weighted by molar-refractivity contribution is 5.90. The quantitative estimate of drug-likeness (QED) is 0.784. The second kappa shape index (κ2) is 6.47. The van der Waals surface area contributed by atoms with E-state index in [4.69, 9.17) is 4.74 Å². The molecule has 1 rings (SSSR count). The Bertz CT molecular complexity index is 389. The molecule has 1 aromatic rings. The number of methoxy groups -OCH3 is 1. The van der Waals surface area contributed by atoms with E-state index in [9.17, 15) is 9.59 Å². The Morgan fingerprint density at radius 3 is 2.71 bits per heavy atom. The van der Waals surface area contributed by atoms with E-state index in [0.717, 1.165) is 0 Å². The molecular weight excluding hydrogens is 222 g/mol. The summed E-state index contributed by atoms with van der Waals surface area (Å²) in [6.07, 6.45) is 1.74. The SMILES string of the molecule is COc1ccc(NC(=O)CCNC(C)=O)cn1. The molecule has 0 saturated heterocycles. The summed E-state index contributed by atoms with van der Waals surface area (Å²) in [6, 6.07) is 3.35. The minimum absolute atomic E-state index is 0.149. The largest absolute Gasteiger partial charge is 0.481 e. The van der Waals surface area contributed by atoms with Gasteiger partial charge in [-0.25, -0.2) is 4.98 Å². The lowest BCUT2D eigenvalue weighted by Crippen LogP contribution is -2.25. The maximum Gasteiger partial charge on any atom is 0.226 e. The summed E-state index contributed by atoms with van der Waals surface area (Å²) in [5.74, 6) is 0.163. The molecule has 0 saturated carbocycles. The predicted octanol–water partition coefficient (Wildman–Crippen LogP) is 0.555. The number of nitrogens with one attached hydrogen (secondary N) is 2. The van der Waals surface area contributed by atoms with Gasteiger partial charge in [-0.1, -0.05) is 0 Å². The summed E-state index contributed by atoms with van der Waals surface area (Å²) in [6.45, 7) is 1.73. The maximum absolute atomic E-state index is 11.4. The number of rotatable bonds is 5. The molecule has 2 N–H and O–H groups in total. The fourth-order valence-electron chi connectivity index (χ4n) is 1.15. The number of nitrogens with zero attached hydrogens (tertiary/aromatic N) is 1. The summed E-state index contributed by atoms with van der Waals surface area (Å²) in [7, 11) is 1.52. The molecule has 0 bridgehead atoms. The first-order valence-electron chi connectivity index (χ1n) is 5.16. The van der Waals surface area contributed by atoms with Crippen molar-refractivity contribution < 1.29 is 14.3 Å². The third kappa shape index (κ3) is 4.96. The standard InChI is InChI=1S/C11H15N3O3/c1-8(15)12-6-5-10(16)14-9-3-4-11(17-2)13-7-9/h3-4,7H,5-6H2,1-2H3,(H,12,15)(H,14,16). The Morgan fingerprint density at radius 2 is 2.18 bits per heavy atom. The number of hydrogen-bond donors (Lipinski definition) is 2. The highest BCUT2D eigenvalue weighted by atomic mass is 16.5. The van der Waals surface area contributed by atoms with Gasteiger partial charge in [0.05, 0.1) is 19.0 Å². The van der Waals surface area contributed by atoms with E-state index in [1.807, 2.05) is 0 Å². The van der Waals surface area contributed by atoms with E-state index in [1.54, 1.807) is 12.1 Å². The van der Waals surface area contributed by atoms with Gasteiger partial charge in [-0.05, 0) is 6.07 Å². The minimum Gasteiger partial charge on any atom is -0.481 e. The van der Waals surface area contributed by atoms with Crippen LogP contribution in [0.1, 0.15) is 13.3 Å². The van der Waals surface area contributed by atoms with E-state index >= 15 is 0 Å². The van der Waals surface area contributed by atoms with Crippen LogP contribution in [0, 0.1) is 0 Å². The molecule has 6 nitrogen and oxygen atoms in total. The average Bonchev–Trinajstić information content (AvgIpc) is 2.29. The van der Waals surface area contributed by atoms with Crippen molar-refractivity contribution in [2.45, 2.75) is 13.3 Å². The van der Waals surface area contributed by atoms with Gasteiger partial charge in [0.2, 0.25) is 17.7 Å². The van der Waals surface area contributed by atoms with Gasteiger partial charge in [-0.15, -0.1) is 0 Å². The lowest BCUT2D eigenvalue weighted by molar-refractivity contribution is -0.119. The molecule has 0 radical (unpaired) electrons. The average molecular weight is 237 g/mol. The Labute approximate surface area is 99.4 Å². The van der Waals surface area contributed by atoms with Crippen molar-refractivity contribution in [3.63, 3.8) is 0 Å². The smallest absolute Gasteiger partial charge is 0.226 e. The number of ether oxygens (including phenoxy) is 1.